The van der Waals surface area contributed by atoms with Crippen molar-refractivity contribution in [2.45, 2.75) is 26.8 Å². The van der Waals surface area contributed by atoms with E-state index >= 15 is 0 Å². The minimum Gasteiger partial charge on any atom is -0.399 e. The molecule has 0 aliphatic carbocycles. The summed E-state index contributed by atoms with van der Waals surface area (Å²) in [6.07, 6.45) is 0. The zero-order valence-electron chi connectivity index (χ0n) is 14.3. The number of carbonyl (C=O) groups excluding carboxylic acids is 1. The van der Waals surface area contributed by atoms with Crippen LogP contribution in [0.15, 0.2) is 54.6 Å². The fraction of sp³-hybridized carbons (Fsp3) is 0.190. The van der Waals surface area contributed by atoms with Gasteiger partial charge in [0.15, 0.2) is 0 Å². The van der Waals surface area contributed by atoms with Crippen molar-refractivity contribution in [1.82, 2.24) is 5.32 Å². The number of anilines is 1. The quantitative estimate of drug-likeness (QED) is 0.697. The Morgan fingerprint density at radius 1 is 1.04 bits per heavy atom. The summed E-state index contributed by atoms with van der Waals surface area (Å²) < 4.78 is 0. The van der Waals surface area contributed by atoms with Gasteiger partial charge >= 0.3 is 0 Å². The van der Waals surface area contributed by atoms with Crippen molar-refractivity contribution in [1.29, 1.82) is 0 Å². The van der Waals surface area contributed by atoms with E-state index < -0.39 is 0 Å². The molecule has 0 bridgehead atoms. The summed E-state index contributed by atoms with van der Waals surface area (Å²) in [6.45, 7) is 6.01. The fourth-order valence-corrected chi connectivity index (χ4v) is 3.09. The minimum atomic E-state index is -0.0992. The Bertz CT molecular complexity index is 915. The number of nitrogens with two attached hydrogens (primary N) is 1. The SMILES string of the molecule is Cc1cc(C(C)NC(=O)c2cc(N)ccc2C)c2ccccc2c1. The molecule has 0 aliphatic heterocycles. The third kappa shape index (κ3) is 3.11. The molecular weight excluding hydrogens is 296 g/mol. The number of hydrogen-bond acceptors (Lipinski definition) is 2. The van der Waals surface area contributed by atoms with Crippen LogP contribution in [0.4, 0.5) is 5.69 Å². The van der Waals surface area contributed by atoms with Gasteiger partial charge in [0.2, 0.25) is 0 Å². The molecule has 3 N–H and O–H groups in total. The molecule has 0 aromatic heterocycles. The largest absolute Gasteiger partial charge is 0.399 e. The smallest absolute Gasteiger partial charge is 0.252 e. The Balaban J connectivity index is 1.94. The number of nitrogen functional groups attached to an aromatic ring is 1. The zero-order valence-corrected chi connectivity index (χ0v) is 14.3. The van der Waals surface area contributed by atoms with Crippen molar-refractivity contribution < 1.29 is 4.79 Å². The van der Waals surface area contributed by atoms with E-state index in [1.54, 1.807) is 6.07 Å². The number of hydrogen-bond donors (Lipinski definition) is 2. The Kier molecular flexibility index (Phi) is 4.26. The van der Waals surface area contributed by atoms with Crippen LogP contribution >= 0.6 is 0 Å². The van der Waals surface area contributed by atoms with Gasteiger partial charge in [-0.05, 0) is 54.8 Å². The summed E-state index contributed by atoms with van der Waals surface area (Å²) in [7, 11) is 0. The summed E-state index contributed by atoms with van der Waals surface area (Å²) in [5, 5.41) is 5.46. The molecule has 1 atom stereocenters. The molecule has 0 fully saturated rings. The lowest BCUT2D eigenvalue weighted by atomic mass is 9.96. The third-order valence-electron chi connectivity index (χ3n) is 4.36. The number of rotatable bonds is 3. The molecule has 0 radical (unpaired) electrons. The highest BCUT2D eigenvalue weighted by Crippen LogP contribution is 2.26. The van der Waals surface area contributed by atoms with E-state index in [1.807, 2.05) is 38.1 Å². The molecule has 3 heteroatoms. The van der Waals surface area contributed by atoms with Crippen LogP contribution in [0.2, 0.25) is 0 Å². The molecule has 3 rings (SSSR count). The Hall–Kier alpha value is -2.81. The molecule has 1 unspecified atom stereocenters. The molecule has 122 valence electrons. The lowest BCUT2D eigenvalue weighted by Crippen LogP contribution is -2.27. The normalized spacial score (nSPS) is 12.1. The molecule has 3 aromatic rings. The van der Waals surface area contributed by atoms with E-state index in [-0.39, 0.29) is 11.9 Å². The lowest BCUT2D eigenvalue weighted by molar-refractivity contribution is 0.0939. The number of benzene rings is 3. The monoisotopic (exact) mass is 318 g/mol. The van der Waals surface area contributed by atoms with Gasteiger partial charge in [-0.3, -0.25) is 4.79 Å². The molecule has 0 saturated carbocycles. The molecule has 3 aromatic carbocycles. The van der Waals surface area contributed by atoms with Crippen molar-refractivity contribution in [3.63, 3.8) is 0 Å². The maximum atomic E-state index is 12.7. The maximum absolute atomic E-state index is 12.7. The first-order valence-corrected chi connectivity index (χ1v) is 8.12. The van der Waals surface area contributed by atoms with Crippen molar-refractivity contribution in [3.05, 3.63) is 76.9 Å². The van der Waals surface area contributed by atoms with E-state index in [2.05, 4.69) is 36.5 Å². The van der Waals surface area contributed by atoms with Crippen LogP contribution < -0.4 is 11.1 Å². The summed E-state index contributed by atoms with van der Waals surface area (Å²) in [6, 6.07) is 17.9. The minimum absolute atomic E-state index is 0.0943. The number of nitrogens with one attached hydrogen (secondary N) is 1. The van der Waals surface area contributed by atoms with Gasteiger partial charge in [-0.15, -0.1) is 0 Å². The average Bonchev–Trinajstić information content (AvgIpc) is 2.56. The van der Waals surface area contributed by atoms with Gasteiger partial charge in [0.05, 0.1) is 6.04 Å². The van der Waals surface area contributed by atoms with Crippen LogP contribution in [0.3, 0.4) is 0 Å². The summed E-state index contributed by atoms with van der Waals surface area (Å²) in [5.41, 5.74) is 10.3. The molecule has 0 aliphatic rings. The van der Waals surface area contributed by atoms with Gasteiger partial charge in [-0.25, -0.2) is 0 Å². The van der Waals surface area contributed by atoms with E-state index in [0.29, 0.717) is 11.3 Å². The van der Waals surface area contributed by atoms with Crippen LogP contribution in [0.1, 0.15) is 40.0 Å². The van der Waals surface area contributed by atoms with E-state index in [9.17, 15) is 4.79 Å². The van der Waals surface area contributed by atoms with Gasteiger partial charge in [0, 0.05) is 11.3 Å². The van der Waals surface area contributed by atoms with E-state index in [0.717, 1.165) is 11.1 Å². The molecule has 0 saturated heterocycles. The lowest BCUT2D eigenvalue weighted by Gasteiger charge is -2.18. The molecule has 24 heavy (non-hydrogen) atoms. The molecule has 0 spiro atoms. The first-order chi connectivity index (χ1) is 11.5. The Morgan fingerprint density at radius 2 is 1.79 bits per heavy atom. The van der Waals surface area contributed by atoms with Crippen molar-refractivity contribution in [3.8, 4) is 0 Å². The summed E-state index contributed by atoms with van der Waals surface area (Å²) in [4.78, 5) is 12.7. The predicted octanol–water partition coefficient (Wildman–Crippen LogP) is 4.53. The molecule has 3 nitrogen and oxygen atoms in total. The van der Waals surface area contributed by atoms with Crippen LogP contribution in [0, 0.1) is 13.8 Å². The topological polar surface area (TPSA) is 55.1 Å². The Labute approximate surface area is 142 Å². The molecular formula is C21H22N2O. The van der Waals surface area contributed by atoms with Gasteiger partial charge < -0.3 is 11.1 Å². The van der Waals surface area contributed by atoms with Crippen LogP contribution in [-0.4, -0.2) is 5.91 Å². The van der Waals surface area contributed by atoms with E-state index in [1.165, 1.54) is 16.3 Å². The van der Waals surface area contributed by atoms with Crippen LogP contribution in [0.5, 0.6) is 0 Å². The maximum Gasteiger partial charge on any atom is 0.252 e. The van der Waals surface area contributed by atoms with E-state index in [4.69, 9.17) is 5.73 Å². The predicted molar refractivity (Wildman–Crippen MR) is 100 cm³/mol. The summed E-state index contributed by atoms with van der Waals surface area (Å²) in [5.74, 6) is -0.0992. The van der Waals surface area contributed by atoms with Crippen LogP contribution in [0.25, 0.3) is 10.8 Å². The van der Waals surface area contributed by atoms with Gasteiger partial charge in [0.1, 0.15) is 0 Å². The fourth-order valence-electron chi connectivity index (χ4n) is 3.09. The van der Waals surface area contributed by atoms with Crippen molar-refractivity contribution in [2.75, 3.05) is 5.73 Å². The first kappa shape index (κ1) is 16.1. The number of carbonyl (C=O) groups is 1. The van der Waals surface area contributed by atoms with Crippen LogP contribution in [-0.2, 0) is 0 Å². The highest BCUT2D eigenvalue weighted by Gasteiger charge is 2.16. The van der Waals surface area contributed by atoms with Gasteiger partial charge in [-0.2, -0.15) is 0 Å². The molecule has 1 amide bonds. The number of fused-ring (bicyclic) bond motifs is 1. The summed E-state index contributed by atoms with van der Waals surface area (Å²) >= 11 is 0. The highest BCUT2D eigenvalue weighted by molar-refractivity contribution is 5.97. The average molecular weight is 318 g/mol. The molecule has 0 heterocycles. The van der Waals surface area contributed by atoms with Crippen molar-refractivity contribution in [2.24, 2.45) is 0 Å². The first-order valence-electron chi connectivity index (χ1n) is 8.12. The number of amides is 1. The second-order valence-electron chi connectivity index (χ2n) is 6.34. The zero-order chi connectivity index (χ0) is 17.3. The van der Waals surface area contributed by atoms with Gasteiger partial charge in [0.25, 0.3) is 5.91 Å². The van der Waals surface area contributed by atoms with Crippen molar-refractivity contribution >= 4 is 22.4 Å². The third-order valence-corrected chi connectivity index (χ3v) is 4.36. The number of aryl methyl sites for hydroxylation is 2. The van der Waals surface area contributed by atoms with Gasteiger partial charge in [-0.1, -0.05) is 48.0 Å². The standard InChI is InChI=1S/C21H22N2O/c1-13-10-16-6-4-5-7-18(16)20(11-13)15(3)23-21(24)19-12-17(22)9-8-14(19)2/h4-12,15H,22H2,1-3H3,(H,23,24). The highest BCUT2D eigenvalue weighted by atomic mass is 16.1. The second kappa shape index (κ2) is 6.36. The second-order valence-corrected chi connectivity index (χ2v) is 6.34. The Morgan fingerprint density at radius 3 is 2.58 bits per heavy atom.